The zero-order valence-electron chi connectivity index (χ0n) is 21.4. The van der Waals surface area contributed by atoms with Crippen LogP contribution >= 0.6 is 39.0 Å². The van der Waals surface area contributed by atoms with Crippen molar-refractivity contribution in [2.24, 2.45) is 4.99 Å². The van der Waals surface area contributed by atoms with Crippen molar-refractivity contribution in [2.75, 3.05) is 5.32 Å². The molecule has 1 amide bonds. The first-order valence-corrected chi connectivity index (χ1v) is 14.6. The predicted molar refractivity (Wildman–Crippen MR) is 163 cm³/mol. The molecule has 0 spiro atoms. The van der Waals surface area contributed by atoms with Crippen molar-refractivity contribution in [1.82, 2.24) is 4.98 Å². The van der Waals surface area contributed by atoms with Crippen molar-refractivity contribution >= 4 is 72.7 Å². The van der Waals surface area contributed by atoms with E-state index in [-0.39, 0.29) is 11.2 Å². The average molecular weight is 605 g/mol. The summed E-state index contributed by atoms with van der Waals surface area (Å²) < 4.78 is 8.84. The van der Waals surface area contributed by atoms with Crippen molar-refractivity contribution in [1.29, 1.82) is 0 Å². The number of aliphatic imine (C=N–C) groups is 1. The first-order valence-electron chi connectivity index (χ1n) is 12.1. The topological polar surface area (TPSA) is 67.5 Å². The molecular weight excluding hydrogens is 578 g/mol. The molecule has 0 saturated heterocycles. The van der Waals surface area contributed by atoms with Crippen LogP contribution in [-0.2, 0) is 4.79 Å². The fourth-order valence-electron chi connectivity index (χ4n) is 4.16. The number of rotatable bonds is 7. The van der Waals surface area contributed by atoms with Gasteiger partial charge in [0.1, 0.15) is 11.5 Å². The number of hydrogen-bond acceptors (Lipinski definition) is 6. The second kappa shape index (κ2) is 11.3. The van der Waals surface area contributed by atoms with Gasteiger partial charge in [0.25, 0.3) is 0 Å². The highest BCUT2D eigenvalue weighted by atomic mass is 79.9. The fourth-order valence-corrected chi connectivity index (χ4v) is 6.67. The van der Waals surface area contributed by atoms with Crippen molar-refractivity contribution in [2.45, 2.75) is 37.3 Å². The molecule has 5 rings (SSSR count). The highest BCUT2D eigenvalue weighted by Gasteiger charge is 2.19. The number of aromatic nitrogens is 1. The van der Waals surface area contributed by atoms with Gasteiger partial charge in [0.15, 0.2) is 4.34 Å². The molecule has 38 heavy (non-hydrogen) atoms. The summed E-state index contributed by atoms with van der Waals surface area (Å²) >= 11 is 6.49. The summed E-state index contributed by atoms with van der Waals surface area (Å²) in [4.78, 5) is 22.2. The quantitative estimate of drug-likeness (QED) is 0.149. The van der Waals surface area contributed by atoms with E-state index in [0.29, 0.717) is 5.76 Å². The van der Waals surface area contributed by atoms with Crippen LogP contribution in [0.2, 0.25) is 0 Å². The third kappa shape index (κ3) is 6.09. The molecule has 1 N–H and O–H groups in total. The van der Waals surface area contributed by atoms with E-state index in [1.807, 2.05) is 75.4 Å². The number of benzene rings is 3. The summed E-state index contributed by atoms with van der Waals surface area (Å²) in [6.45, 7) is 8.02. The van der Waals surface area contributed by atoms with E-state index in [1.54, 1.807) is 17.6 Å². The highest BCUT2D eigenvalue weighted by Crippen LogP contribution is 2.35. The molecule has 5 aromatic rings. The van der Waals surface area contributed by atoms with E-state index in [9.17, 15) is 4.79 Å². The maximum absolute atomic E-state index is 12.9. The van der Waals surface area contributed by atoms with Gasteiger partial charge in [0.2, 0.25) is 5.91 Å². The third-order valence-electron chi connectivity index (χ3n) is 6.02. The molecule has 0 radical (unpaired) electrons. The second-order valence-corrected chi connectivity index (χ2v) is 12.7. The summed E-state index contributed by atoms with van der Waals surface area (Å²) in [5.41, 5.74) is 6.94. The van der Waals surface area contributed by atoms with Gasteiger partial charge in [-0.25, -0.2) is 4.98 Å². The third-order valence-corrected chi connectivity index (χ3v) is 8.76. The normalized spacial score (nSPS) is 12.3. The van der Waals surface area contributed by atoms with Gasteiger partial charge in [0, 0.05) is 15.7 Å². The Hall–Kier alpha value is -3.20. The molecule has 192 valence electrons. The number of nitrogens with zero attached hydrogens (tertiary/aromatic N) is 2. The number of amides is 1. The number of nitrogens with one attached hydrogen (secondary N) is 1. The minimum absolute atomic E-state index is 0.0319. The van der Waals surface area contributed by atoms with Crippen LogP contribution in [0.15, 0.2) is 85.0 Å². The molecule has 0 aliphatic carbocycles. The van der Waals surface area contributed by atoms with Gasteiger partial charge in [-0.15, -0.1) is 11.3 Å². The highest BCUT2D eigenvalue weighted by molar-refractivity contribution is 9.10. The maximum atomic E-state index is 12.9. The molecule has 0 unspecified atom stereocenters. The van der Waals surface area contributed by atoms with E-state index in [4.69, 9.17) is 9.40 Å². The number of aryl methyl sites for hydroxylation is 3. The average Bonchev–Trinajstić information content (AvgIpc) is 3.51. The summed E-state index contributed by atoms with van der Waals surface area (Å²) in [5.74, 6) is 1.45. The molecule has 2 aromatic heterocycles. The number of furan rings is 1. The lowest BCUT2D eigenvalue weighted by atomic mass is 10.1. The predicted octanol–water partition coefficient (Wildman–Crippen LogP) is 9.11. The van der Waals surface area contributed by atoms with Crippen LogP contribution in [0.5, 0.6) is 0 Å². The van der Waals surface area contributed by atoms with E-state index in [1.165, 1.54) is 17.3 Å². The van der Waals surface area contributed by atoms with Crippen molar-refractivity contribution in [3.8, 4) is 11.3 Å². The summed E-state index contributed by atoms with van der Waals surface area (Å²) in [6, 6.07) is 21.9. The van der Waals surface area contributed by atoms with Crippen LogP contribution in [0.25, 0.3) is 21.5 Å². The maximum Gasteiger partial charge on any atom is 0.237 e. The number of anilines is 1. The van der Waals surface area contributed by atoms with E-state index in [0.717, 1.165) is 52.9 Å². The number of carbonyl (C=O) groups is 1. The van der Waals surface area contributed by atoms with E-state index in [2.05, 4.69) is 45.3 Å². The molecule has 5 nitrogen and oxygen atoms in total. The Morgan fingerprint density at radius 1 is 1.05 bits per heavy atom. The van der Waals surface area contributed by atoms with E-state index < -0.39 is 0 Å². The first kappa shape index (κ1) is 26.4. The van der Waals surface area contributed by atoms with Crippen LogP contribution in [-0.4, -0.2) is 22.4 Å². The van der Waals surface area contributed by atoms with Crippen molar-refractivity contribution < 1.29 is 9.21 Å². The molecule has 1 atom stereocenters. The molecule has 8 heteroatoms. The van der Waals surface area contributed by atoms with Gasteiger partial charge in [-0.2, -0.15) is 0 Å². The Balaban J connectivity index is 1.25. The van der Waals surface area contributed by atoms with Crippen LogP contribution in [0.1, 0.15) is 29.4 Å². The SMILES string of the molecule is Cc1cc(C)c(NC(=O)[C@@H](C)Sc2nc3ccc(N=Cc4ccc(-c5ccc(Br)cc5)o4)cc3s2)c(C)c1. The summed E-state index contributed by atoms with van der Waals surface area (Å²) in [5, 5.41) is 2.82. The molecule has 2 heterocycles. The number of thiazole rings is 1. The van der Waals surface area contributed by atoms with Gasteiger partial charge >= 0.3 is 0 Å². The van der Waals surface area contributed by atoms with Gasteiger partial charge in [-0.3, -0.25) is 9.79 Å². The molecule has 0 bridgehead atoms. The number of thioether (sulfide) groups is 1. The van der Waals surface area contributed by atoms with Gasteiger partial charge in [0.05, 0.1) is 27.4 Å². The number of fused-ring (bicyclic) bond motifs is 1. The van der Waals surface area contributed by atoms with Crippen LogP contribution in [0.4, 0.5) is 11.4 Å². The lowest BCUT2D eigenvalue weighted by molar-refractivity contribution is -0.115. The second-order valence-electron chi connectivity index (χ2n) is 9.12. The Morgan fingerprint density at radius 3 is 2.53 bits per heavy atom. The zero-order valence-corrected chi connectivity index (χ0v) is 24.6. The molecule has 0 fully saturated rings. The molecular formula is C30H26BrN3O2S2. The Morgan fingerprint density at radius 2 is 1.79 bits per heavy atom. The van der Waals surface area contributed by atoms with Crippen LogP contribution in [0.3, 0.4) is 0 Å². The smallest absolute Gasteiger partial charge is 0.237 e. The molecule has 0 aliphatic heterocycles. The minimum atomic E-state index is -0.285. The Bertz CT molecular complexity index is 1630. The Kier molecular flexibility index (Phi) is 7.83. The van der Waals surface area contributed by atoms with Gasteiger partial charge in [-0.05, 0) is 81.3 Å². The first-order chi connectivity index (χ1) is 18.2. The van der Waals surface area contributed by atoms with Crippen LogP contribution in [0, 0.1) is 20.8 Å². The Labute approximate surface area is 238 Å². The lowest BCUT2D eigenvalue weighted by Crippen LogP contribution is -2.23. The standard InChI is InChI=1S/C30H26BrN3O2S2/c1-17-13-18(2)28(19(3)14-17)34-29(35)20(4)37-30-33-25-11-9-23(15-27(25)38-30)32-16-24-10-12-26(36-24)21-5-7-22(31)8-6-21/h5-16,20H,1-4H3,(H,34,35)/t20-/m1/s1. The molecule has 0 aliphatic rings. The van der Waals surface area contributed by atoms with Crippen molar-refractivity contribution in [3.05, 3.63) is 93.7 Å². The van der Waals surface area contributed by atoms with Gasteiger partial charge in [-0.1, -0.05) is 57.5 Å². The number of carbonyl (C=O) groups excluding carboxylic acids is 1. The monoisotopic (exact) mass is 603 g/mol. The lowest BCUT2D eigenvalue weighted by Gasteiger charge is -2.15. The largest absolute Gasteiger partial charge is 0.455 e. The molecule has 0 saturated carbocycles. The van der Waals surface area contributed by atoms with Gasteiger partial charge < -0.3 is 9.73 Å². The fraction of sp³-hybridized carbons (Fsp3) is 0.167. The molecule has 3 aromatic carbocycles. The summed E-state index contributed by atoms with van der Waals surface area (Å²) in [7, 11) is 0. The van der Waals surface area contributed by atoms with E-state index >= 15 is 0 Å². The number of hydrogen-bond donors (Lipinski definition) is 1. The zero-order chi connectivity index (χ0) is 26.8. The minimum Gasteiger partial charge on any atom is -0.455 e. The summed E-state index contributed by atoms with van der Waals surface area (Å²) in [6.07, 6.45) is 1.72. The van der Waals surface area contributed by atoms with Crippen molar-refractivity contribution in [3.63, 3.8) is 0 Å². The van der Waals surface area contributed by atoms with Crippen LogP contribution < -0.4 is 5.32 Å². The number of halogens is 1.